The Kier molecular flexibility index (Phi) is 5.45. The third kappa shape index (κ3) is 4.02. The molecule has 0 heterocycles. The van der Waals surface area contributed by atoms with Crippen LogP contribution in [0.2, 0.25) is 0 Å². The average molecular weight is 240 g/mol. The monoisotopic (exact) mass is 240 g/mol. The lowest BCUT2D eigenvalue weighted by molar-refractivity contribution is -0.138. The number of hydrogen-bond donors (Lipinski definition) is 0. The molecule has 2 amide bonds. The number of likely N-dealkylation sites (N-methyl/N-ethyl adjacent to an activating group) is 2. The van der Waals surface area contributed by atoms with Crippen molar-refractivity contribution >= 4 is 12.3 Å². The number of carbonyl (C=O) groups excluding carboxylic acids is 2. The maximum atomic E-state index is 12.0. The summed E-state index contributed by atoms with van der Waals surface area (Å²) in [6.07, 6.45) is 7.80. The minimum absolute atomic E-state index is 0.0326. The van der Waals surface area contributed by atoms with Crippen molar-refractivity contribution in [2.45, 2.75) is 44.6 Å². The molecule has 0 radical (unpaired) electrons. The zero-order valence-corrected chi connectivity index (χ0v) is 11.2. The van der Waals surface area contributed by atoms with E-state index in [1.54, 1.807) is 26.0 Å². The molecule has 1 fully saturated rings. The van der Waals surface area contributed by atoms with Gasteiger partial charge in [0.2, 0.25) is 12.3 Å². The Balaban J connectivity index is 2.62. The van der Waals surface area contributed by atoms with Crippen molar-refractivity contribution in [1.29, 1.82) is 0 Å². The molecule has 1 atom stereocenters. The molecule has 0 aromatic heterocycles. The summed E-state index contributed by atoms with van der Waals surface area (Å²) in [7, 11) is 5.19. The predicted octanol–water partition coefficient (Wildman–Crippen LogP) is 1.50. The molecule has 0 saturated heterocycles. The molecule has 4 heteroatoms. The van der Waals surface area contributed by atoms with Crippen LogP contribution in [0.4, 0.5) is 0 Å². The summed E-state index contributed by atoms with van der Waals surface area (Å²) in [5, 5.41) is 0. The van der Waals surface area contributed by atoms with Gasteiger partial charge in [0.15, 0.2) is 0 Å². The Labute approximate surface area is 104 Å². The predicted molar refractivity (Wildman–Crippen MR) is 67.5 cm³/mol. The quantitative estimate of drug-likeness (QED) is 0.683. The molecule has 0 bridgehead atoms. The smallest absolute Gasteiger partial charge is 0.244 e. The topological polar surface area (TPSA) is 40.6 Å². The molecular formula is C13H24N2O2. The fourth-order valence-corrected chi connectivity index (χ4v) is 2.55. The van der Waals surface area contributed by atoms with E-state index in [2.05, 4.69) is 0 Å². The summed E-state index contributed by atoms with van der Waals surface area (Å²) in [5.74, 6) is 0.630. The molecule has 0 aliphatic heterocycles. The summed E-state index contributed by atoms with van der Waals surface area (Å²) in [4.78, 5) is 26.0. The van der Waals surface area contributed by atoms with Crippen LogP contribution in [-0.4, -0.2) is 49.3 Å². The standard InChI is InChI=1S/C13H24N2O2/c1-14(2)13(17)12(15(3)10-16)9-11-7-5-4-6-8-11/h10-12H,4-9H2,1-3H3. The van der Waals surface area contributed by atoms with Gasteiger partial charge < -0.3 is 9.80 Å². The molecule has 4 nitrogen and oxygen atoms in total. The van der Waals surface area contributed by atoms with Crippen molar-refractivity contribution in [3.63, 3.8) is 0 Å². The number of carbonyl (C=O) groups is 2. The lowest BCUT2D eigenvalue weighted by atomic mass is 9.84. The van der Waals surface area contributed by atoms with Crippen molar-refractivity contribution in [3.05, 3.63) is 0 Å². The van der Waals surface area contributed by atoms with Crippen molar-refractivity contribution in [1.82, 2.24) is 9.80 Å². The molecule has 1 rings (SSSR count). The van der Waals surface area contributed by atoms with Gasteiger partial charge >= 0.3 is 0 Å². The second-order valence-electron chi connectivity index (χ2n) is 5.26. The van der Waals surface area contributed by atoms with E-state index in [1.807, 2.05) is 0 Å². The second-order valence-corrected chi connectivity index (χ2v) is 5.26. The van der Waals surface area contributed by atoms with Gasteiger partial charge in [0.25, 0.3) is 0 Å². The second kappa shape index (κ2) is 6.62. The van der Waals surface area contributed by atoms with E-state index in [-0.39, 0.29) is 11.9 Å². The third-order valence-corrected chi connectivity index (χ3v) is 3.67. The number of amides is 2. The van der Waals surface area contributed by atoms with Gasteiger partial charge in [0.1, 0.15) is 6.04 Å². The van der Waals surface area contributed by atoms with Crippen LogP contribution in [0, 0.1) is 5.92 Å². The zero-order chi connectivity index (χ0) is 12.8. The van der Waals surface area contributed by atoms with Crippen LogP contribution in [0.5, 0.6) is 0 Å². The maximum Gasteiger partial charge on any atom is 0.244 e. The van der Waals surface area contributed by atoms with Gasteiger partial charge in [0, 0.05) is 21.1 Å². The highest BCUT2D eigenvalue weighted by Gasteiger charge is 2.28. The van der Waals surface area contributed by atoms with Gasteiger partial charge in [-0.1, -0.05) is 32.1 Å². The van der Waals surface area contributed by atoms with E-state index >= 15 is 0 Å². The molecule has 0 N–H and O–H groups in total. The van der Waals surface area contributed by atoms with Crippen molar-refractivity contribution in [2.75, 3.05) is 21.1 Å². The lowest BCUT2D eigenvalue weighted by Crippen LogP contribution is -2.45. The summed E-state index contributed by atoms with van der Waals surface area (Å²) in [5.41, 5.74) is 0. The van der Waals surface area contributed by atoms with Crippen molar-refractivity contribution in [2.24, 2.45) is 5.92 Å². The Bertz CT molecular complexity index is 260. The number of hydrogen-bond acceptors (Lipinski definition) is 2. The lowest BCUT2D eigenvalue weighted by Gasteiger charge is -2.31. The first kappa shape index (κ1) is 14.0. The summed E-state index contributed by atoms with van der Waals surface area (Å²) < 4.78 is 0. The van der Waals surface area contributed by atoms with Gasteiger partial charge in [-0.2, -0.15) is 0 Å². The molecule has 17 heavy (non-hydrogen) atoms. The minimum Gasteiger partial charge on any atom is -0.347 e. The van der Waals surface area contributed by atoms with Crippen LogP contribution < -0.4 is 0 Å². The van der Waals surface area contributed by atoms with Gasteiger partial charge in [-0.05, 0) is 12.3 Å². The van der Waals surface area contributed by atoms with E-state index in [4.69, 9.17) is 0 Å². The van der Waals surface area contributed by atoms with Crippen LogP contribution in [0.25, 0.3) is 0 Å². The molecule has 0 aromatic carbocycles. The van der Waals surface area contributed by atoms with Gasteiger partial charge in [0.05, 0.1) is 0 Å². The Morgan fingerprint density at radius 2 is 1.82 bits per heavy atom. The Morgan fingerprint density at radius 3 is 2.29 bits per heavy atom. The van der Waals surface area contributed by atoms with Crippen molar-refractivity contribution < 1.29 is 9.59 Å². The van der Waals surface area contributed by atoms with Crippen LogP contribution in [0.15, 0.2) is 0 Å². The van der Waals surface area contributed by atoms with Crippen molar-refractivity contribution in [3.8, 4) is 0 Å². The van der Waals surface area contributed by atoms with Gasteiger partial charge in [-0.25, -0.2) is 0 Å². The van der Waals surface area contributed by atoms with Crippen LogP contribution in [0.3, 0.4) is 0 Å². The largest absolute Gasteiger partial charge is 0.347 e. The first-order valence-electron chi connectivity index (χ1n) is 6.44. The van der Waals surface area contributed by atoms with E-state index in [1.165, 1.54) is 37.0 Å². The van der Waals surface area contributed by atoms with Crippen LogP contribution >= 0.6 is 0 Å². The summed E-state index contributed by atoms with van der Waals surface area (Å²) >= 11 is 0. The fraction of sp³-hybridized carbons (Fsp3) is 0.846. The molecule has 0 aromatic rings. The summed E-state index contributed by atoms with van der Waals surface area (Å²) in [6, 6.07) is -0.286. The Hall–Kier alpha value is -1.06. The van der Waals surface area contributed by atoms with E-state index in [0.29, 0.717) is 5.92 Å². The third-order valence-electron chi connectivity index (χ3n) is 3.67. The SMILES string of the molecule is CN(C)C(=O)C(CC1CCCCC1)N(C)C=O. The normalized spacial score (nSPS) is 18.5. The molecule has 1 saturated carbocycles. The first-order valence-corrected chi connectivity index (χ1v) is 6.44. The van der Waals surface area contributed by atoms with E-state index in [9.17, 15) is 9.59 Å². The highest BCUT2D eigenvalue weighted by atomic mass is 16.2. The van der Waals surface area contributed by atoms with Gasteiger partial charge in [-0.3, -0.25) is 9.59 Å². The maximum absolute atomic E-state index is 12.0. The summed E-state index contributed by atoms with van der Waals surface area (Å²) in [6.45, 7) is 0. The number of rotatable bonds is 5. The molecule has 98 valence electrons. The highest BCUT2D eigenvalue weighted by molar-refractivity contribution is 5.83. The fourth-order valence-electron chi connectivity index (χ4n) is 2.55. The molecule has 0 spiro atoms. The van der Waals surface area contributed by atoms with E-state index in [0.717, 1.165) is 12.8 Å². The molecular weight excluding hydrogens is 216 g/mol. The molecule has 1 aliphatic carbocycles. The Morgan fingerprint density at radius 1 is 1.24 bits per heavy atom. The highest BCUT2D eigenvalue weighted by Crippen LogP contribution is 2.28. The number of nitrogens with zero attached hydrogens (tertiary/aromatic N) is 2. The zero-order valence-electron chi connectivity index (χ0n) is 11.2. The molecule has 1 unspecified atom stereocenters. The van der Waals surface area contributed by atoms with Crippen LogP contribution in [-0.2, 0) is 9.59 Å². The average Bonchev–Trinajstić information content (AvgIpc) is 2.35. The van der Waals surface area contributed by atoms with Gasteiger partial charge in [-0.15, -0.1) is 0 Å². The molecule has 1 aliphatic rings. The minimum atomic E-state index is -0.286. The van der Waals surface area contributed by atoms with E-state index < -0.39 is 0 Å². The van der Waals surface area contributed by atoms with Crippen LogP contribution in [0.1, 0.15) is 38.5 Å². The first-order chi connectivity index (χ1) is 8.06.